The van der Waals surface area contributed by atoms with Gasteiger partial charge in [-0.1, -0.05) is 38.1 Å². The van der Waals surface area contributed by atoms with Crippen molar-refractivity contribution in [2.45, 2.75) is 26.7 Å². The third-order valence-corrected chi connectivity index (χ3v) is 4.19. The van der Waals surface area contributed by atoms with Gasteiger partial charge in [0, 0.05) is 24.8 Å². The number of aliphatic imine (C=N–C) groups is 2. The summed E-state index contributed by atoms with van der Waals surface area (Å²) in [6.45, 7) is 4.24. The van der Waals surface area contributed by atoms with Gasteiger partial charge < -0.3 is 10.6 Å². The summed E-state index contributed by atoms with van der Waals surface area (Å²) in [6.07, 6.45) is 9.59. The van der Waals surface area contributed by atoms with Crippen LogP contribution in [0.2, 0.25) is 0 Å². The van der Waals surface area contributed by atoms with Gasteiger partial charge in [-0.15, -0.1) is 0 Å². The molecule has 0 aliphatic carbocycles. The van der Waals surface area contributed by atoms with Crippen LogP contribution >= 0.6 is 0 Å². The molecule has 2 aromatic carbocycles. The fourth-order valence-corrected chi connectivity index (χ4v) is 2.52. The molecule has 0 saturated carbocycles. The maximum atomic E-state index is 4.68. The molecule has 0 saturated heterocycles. The summed E-state index contributed by atoms with van der Waals surface area (Å²) in [7, 11) is 0. The molecule has 4 heteroatoms. The van der Waals surface area contributed by atoms with Crippen molar-refractivity contribution >= 4 is 35.2 Å². The second kappa shape index (κ2) is 8.81. The van der Waals surface area contributed by atoms with Crippen LogP contribution in [0.3, 0.4) is 0 Å². The molecule has 26 heavy (non-hydrogen) atoms. The second-order valence-electron chi connectivity index (χ2n) is 5.98. The Hall–Kier alpha value is -3.14. The minimum absolute atomic E-state index is 0.886. The van der Waals surface area contributed by atoms with E-state index in [4.69, 9.17) is 0 Å². The lowest BCUT2D eigenvalue weighted by atomic mass is 10.2. The Morgan fingerprint density at radius 1 is 0.654 bits per heavy atom. The van der Waals surface area contributed by atoms with Gasteiger partial charge in [-0.05, 0) is 48.3 Å². The quantitative estimate of drug-likeness (QED) is 0.679. The number of nitrogens with one attached hydrogen (secondary N) is 2. The SMILES string of the molecule is CC/C1=C\Nc2ccccc2N=C/C(CC)=C/Nc2ccccc2N=C1. The highest BCUT2D eigenvalue weighted by Crippen LogP contribution is 2.27. The van der Waals surface area contributed by atoms with Crippen LogP contribution in [0, 0.1) is 0 Å². The average Bonchev–Trinajstić information content (AvgIpc) is 2.69. The van der Waals surface area contributed by atoms with Crippen LogP contribution in [-0.2, 0) is 0 Å². The minimum atomic E-state index is 0.886. The average molecular weight is 344 g/mol. The van der Waals surface area contributed by atoms with Crippen molar-refractivity contribution in [1.29, 1.82) is 0 Å². The number of fused-ring (bicyclic) bond motifs is 2. The molecule has 3 rings (SSSR count). The van der Waals surface area contributed by atoms with Crippen molar-refractivity contribution < 1.29 is 0 Å². The maximum Gasteiger partial charge on any atom is 0.0864 e. The van der Waals surface area contributed by atoms with Crippen molar-refractivity contribution in [2.75, 3.05) is 10.6 Å². The summed E-state index contributed by atoms with van der Waals surface area (Å²) < 4.78 is 0. The number of para-hydroxylation sites is 4. The van der Waals surface area contributed by atoms with E-state index in [-0.39, 0.29) is 0 Å². The molecule has 0 spiro atoms. The van der Waals surface area contributed by atoms with Crippen LogP contribution < -0.4 is 10.6 Å². The third kappa shape index (κ3) is 4.48. The Balaban J connectivity index is 2.06. The van der Waals surface area contributed by atoms with E-state index in [1.54, 1.807) is 0 Å². The summed E-state index contributed by atoms with van der Waals surface area (Å²) in [5.74, 6) is 0. The van der Waals surface area contributed by atoms with Crippen molar-refractivity contribution in [1.82, 2.24) is 0 Å². The number of allylic oxidation sites excluding steroid dienone is 2. The number of nitrogens with zero attached hydrogens (tertiary/aromatic N) is 2. The molecule has 4 nitrogen and oxygen atoms in total. The monoisotopic (exact) mass is 344 g/mol. The molecular weight excluding hydrogens is 320 g/mol. The summed E-state index contributed by atoms with van der Waals surface area (Å²) in [6, 6.07) is 16.1. The van der Waals surface area contributed by atoms with Crippen LogP contribution in [0.15, 0.2) is 82.1 Å². The van der Waals surface area contributed by atoms with Gasteiger partial charge in [0.15, 0.2) is 0 Å². The van der Waals surface area contributed by atoms with Crippen LogP contribution in [0.5, 0.6) is 0 Å². The van der Waals surface area contributed by atoms with Gasteiger partial charge in [-0.25, -0.2) is 0 Å². The van der Waals surface area contributed by atoms with E-state index in [9.17, 15) is 0 Å². The standard InChI is InChI=1S/C22H24N4/c1-3-17-13-23-19-9-5-7-11-21(19)25-15-18(4-2)16-26-22-12-8-6-10-20(22)24-14-17/h5-16,23,26H,3-4H2,1-2H3/b17-13+,18-16+,24-14?,25-15?. The van der Waals surface area contributed by atoms with E-state index in [0.717, 1.165) is 46.7 Å². The number of benzene rings is 2. The molecular formula is C22H24N4. The first-order chi connectivity index (χ1) is 12.8. The van der Waals surface area contributed by atoms with Crippen LogP contribution in [-0.4, -0.2) is 12.4 Å². The van der Waals surface area contributed by atoms with E-state index in [0.29, 0.717) is 0 Å². The minimum Gasteiger partial charge on any atom is -0.360 e. The van der Waals surface area contributed by atoms with Crippen molar-refractivity contribution in [3.63, 3.8) is 0 Å². The predicted molar refractivity (Wildman–Crippen MR) is 113 cm³/mol. The second-order valence-corrected chi connectivity index (χ2v) is 5.98. The van der Waals surface area contributed by atoms with E-state index in [2.05, 4.69) is 34.5 Å². The molecule has 132 valence electrons. The van der Waals surface area contributed by atoms with E-state index in [1.165, 1.54) is 0 Å². The fraction of sp³-hybridized carbons (Fsp3) is 0.182. The summed E-state index contributed by atoms with van der Waals surface area (Å²) in [5, 5.41) is 6.75. The van der Waals surface area contributed by atoms with E-state index >= 15 is 0 Å². The van der Waals surface area contributed by atoms with Gasteiger partial charge in [0.05, 0.1) is 22.7 Å². The Morgan fingerprint density at radius 2 is 1.08 bits per heavy atom. The highest BCUT2D eigenvalue weighted by molar-refractivity contribution is 5.87. The molecule has 0 amide bonds. The fourth-order valence-electron chi connectivity index (χ4n) is 2.52. The van der Waals surface area contributed by atoms with E-state index < -0.39 is 0 Å². The smallest absolute Gasteiger partial charge is 0.0864 e. The summed E-state index contributed by atoms with van der Waals surface area (Å²) in [5.41, 5.74) is 6.00. The molecule has 1 aliphatic rings. The molecule has 1 heterocycles. The summed E-state index contributed by atoms with van der Waals surface area (Å²) >= 11 is 0. The molecule has 1 aliphatic heterocycles. The number of hydrogen-bond donors (Lipinski definition) is 2. The molecule has 0 atom stereocenters. The Kier molecular flexibility index (Phi) is 5.99. The Bertz CT molecular complexity index is 802. The highest BCUT2D eigenvalue weighted by Gasteiger charge is 2.02. The topological polar surface area (TPSA) is 48.8 Å². The zero-order chi connectivity index (χ0) is 18.2. The molecule has 0 fully saturated rings. The van der Waals surface area contributed by atoms with Crippen molar-refractivity contribution in [3.05, 3.63) is 72.1 Å². The lowest BCUT2D eigenvalue weighted by molar-refractivity contribution is 1.17. The van der Waals surface area contributed by atoms with Gasteiger partial charge in [0.1, 0.15) is 0 Å². The lowest BCUT2D eigenvalue weighted by Gasteiger charge is -2.09. The number of rotatable bonds is 2. The van der Waals surface area contributed by atoms with Gasteiger partial charge in [-0.2, -0.15) is 0 Å². The van der Waals surface area contributed by atoms with Crippen LogP contribution in [0.1, 0.15) is 26.7 Å². The lowest BCUT2D eigenvalue weighted by Crippen LogP contribution is -1.96. The normalized spacial score (nSPS) is 18.1. The van der Waals surface area contributed by atoms with Crippen molar-refractivity contribution in [2.24, 2.45) is 9.98 Å². The van der Waals surface area contributed by atoms with Gasteiger partial charge in [0.2, 0.25) is 0 Å². The first-order valence-electron chi connectivity index (χ1n) is 8.97. The number of hydrogen-bond acceptors (Lipinski definition) is 4. The largest absolute Gasteiger partial charge is 0.360 e. The zero-order valence-corrected chi connectivity index (χ0v) is 15.2. The molecule has 0 unspecified atom stereocenters. The van der Waals surface area contributed by atoms with Gasteiger partial charge in [-0.3, -0.25) is 9.98 Å². The molecule has 0 aromatic heterocycles. The van der Waals surface area contributed by atoms with Crippen LogP contribution in [0.25, 0.3) is 0 Å². The maximum absolute atomic E-state index is 4.68. The molecule has 2 aromatic rings. The third-order valence-electron chi connectivity index (χ3n) is 4.19. The van der Waals surface area contributed by atoms with E-state index in [1.807, 2.05) is 73.4 Å². The predicted octanol–water partition coefficient (Wildman–Crippen LogP) is 6.22. The molecule has 2 N–H and O–H groups in total. The van der Waals surface area contributed by atoms with Crippen molar-refractivity contribution in [3.8, 4) is 0 Å². The summed E-state index contributed by atoms with van der Waals surface area (Å²) in [4.78, 5) is 9.35. The van der Waals surface area contributed by atoms with Gasteiger partial charge >= 0.3 is 0 Å². The Labute approximate surface area is 155 Å². The molecule has 0 radical (unpaired) electrons. The van der Waals surface area contributed by atoms with Gasteiger partial charge in [0.25, 0.3) is 0 Å². The van der Waals surface area contributed by atoms with Crippen LogP contribution in [0.4, 0.5) is 22.7 Å². The first kappa shape index (κ1) is 17.7. The number of anilines is 2. The Morgan fingerprint density at radius 3 is 1.50 bits per heavy atom. The highest BCUT2D eigenvalue weighted by atomic mass is 14.9. The first-order valence-corrected chi connectivity index (χ1v) is 8.97. The zero-order valence-electron chi connectivity index (χ0n) is 15.2. The molecule has 0 bridgehead atoms.